The number of benzene rings is 1. The van der Waals surface area contributed by atoms with Crippen LogP contribution < -0.4 is 21.1 Å². The van der Waals surface area contributed by atoms with E-state index < -0.39 is 52.0 Å². The third-order valence-electron chi connectivity index (χ3n) is 6.33. The SMILES string of the molecule is C[C@@H](O)[C@@H](C(=O)O)[C@@H]1NC(C(=O)O)=C(S[C@@H]2CN[C@H](C(=O)NCc3ccc(S(N)(=O)=O)cc3)C2)[C@@H]1C. The topological polar surface area (TPSA) is 208 Å². The number of aliphatic hydroxyl groups excluding tert-OH is 1. The smallest absolute Gasteiger partial charge is 0.352 e. The van der Waals surface area contributed by atoms with Crippen LogP contribution in [0.15, 0.2) is 39.8 Å². The number of carboxylic acids is 2. The summed E-state index contributed by atoms with van der Waals surface area (Å²) in [5.41, 5.74) is 0.610. The molecule has 198 valence electrons. The molecule has 0 saturated carbocycles. The summed E-state index contributed by atoms with van der Waals surface area (Å²) >= 11 is 1.29. The molecule has 0 aliphatic carbocycles. The van der Waals surface area contributed by atoms with Crippen molar-refractivity contribution >= 4 is 39.6 Å². The largest absolute Gasteiger partial charge is 0.481 e. The number of primary sulfonamides is 1. The number of nitrogens with two attached hydrogens (primary N) is 1. The van der Waals surface area contributed by atoms with Gasteiger partial charge in [0.25, 0.3) is 0 Å². The lowest BCUT2D eigenvalue weighted by atomic mass is 9.87. The zero-order valence-electron chi connectivity index (χ0n) is 19.7. The lowest BCUT2D eigenvalue weighted by molar-refractivity contribution is -0.147. The van der Waals surface area contributed by atoms with Crippen LogP contribution in [0.5, 0.6) is 0 Å². The molecule has 2 aliphatic heterocycles. The molecular formula is C22H30N4O8S2. The Kier molecular flexibility index (Phi) is 8.67. The normalized spacial score (nSPS) is 25.8. The van der Waals surface area contributed by atoms with Crippen LogP contribution in [0.1, 0.15) is 25.8 Å². The van der Waals surface area contributed by atoms with E-state index in [4.69, 9.17) is 5.14 Å². The minimum Gasteiger partial charge on any atom is -0.481 e. The summed E-state index contributed by atoms with van der Waals surface area (Å²) in [6, 6.07) is 4.55. The van der Waals surface area contributed by atoms with Gasteiger partial charge in [0, 0.05) is 35.2 Å². The van der Waals surface area contributed by atoms with Crippen LogP contribution in [0.25, 0.3) is 0 Å². The van der Waals surface area contributed by atoms with Crippen molar-refractivity contribution in [2.24, 2.45) is 17.0 Å². The molecule has 0 aromatic heterocycles. The Bertz CT molecular complexity index is 1150. The number of carbonyl (C=O) groups excluding carboxylic acids is 1. The van der Waals surface area contributed by atoms with Crippen molar-refractivity contribution in [3.63, 3.8) is 0 Å². The number of nitrogens with one attached hydrogen (secondary N) is 3. The monoisotopic (exact) mass is 542 g/mol. The summed E-state index contributed by atoms with van der Waals surface area (Å²) < 4.78 is 22.7. The Morgan fingerprint density at radius 3 is 2.39 bits per heavy atom. The van der Waals surface area contributed by atoms with E-state index in [0.29, 0.717) is 23.4 Å². The van der Waals surface area contributed by atoms with Gasteiger partial charge in [0.05, 0.1) is 17.0 Å². The molecule has 0 unspecified atom stereocenters. The molecule has 14 heteroatoms. The van der Waals surface area contributed by atoms with E-state index in [1.807, 2.05) is 0 Å². The van der Waals surface area contributed by atoms with Crippen LogP contribution in [0.4, 0.5) is 0 Å². The van der Waals surface area contributed by atoms with Gasteiger partial charge in [-0.3, -0.25) is 9.59 Å². The van der Waals surface area contributed by atoms with Crippen LogP contribution in [0.3, 0.4) is 0 Å². The van der Waals surface area contributed by atoms with Gasteiger partial charge < -0.3 is 31.3 Å². The quantitative estimate of drug-likeness (QED) is 0.198. The first-order valence-corrected chi connectivity index (χ1v) is 13.7. The van der Waals surface area contributed by atoms with Crippen LogP contribution in [-0.4, -0.2) is 71.6 Å². The molecule has 3 rings (SSSR count). The molecule has 0 spiro atoms. The molecular weight excluding hydrogens is 512 g/mol. The highest BCUT2D eigenvalue weighted by Gasteiger charge is 2.45. The van der Waals surface area contributed by atoms with Crippen molar-refractivity contribution in [1.29, 1.82) is 0 Å². The number of hydrogen-bond acceptors (Lipinski definition) is 9. The fourth-order valence-electron chi connectivity index (χ4n) is 4.43. The number of aliphatic hydroxyl groups is 1. The van der Waals surface area contributed by atoms with Crippen molar-refractivity contribution in [2.75, 3.05) is 6.54 Å². The van der Waals surface area contributed by atoms with Gasteiger partial charge in [0.1, 0.15) is 11.6 Å². The van der Waals surface area contributed by atoms with Gasteiger partial charge in [0.2, 0.25) is 15.9 Å². The van der Waals surface area contributed by atoms with Crippen molar-refractivity contribution in [1.82, 2.24) is 16.0 Å². The summed E-state index contributed by atoms with van der Waals surface area (Å²) in [6.07, 6.45) is -0.757. The Morgan fingerprint density at radius 1 is 1.22 bits per heavy atom. The Labute approximate surface area is 212 Å². The van der Waals surface area contributed by atoms with Gasteiger partial charge in [-0.25, -0.2) is 18.4 Å². The zero-order valence-corrected chi connectivity index (χ0v) is 21.3. The first kappa shape index (κ1) is 27.9. The van der Waals surface area contributed by atoms with Gasteiger partial charge in [0.15, 0.2) is 0 Å². The molecule has 12 nitrogen and oxygen atoms in total. The van der Waals surface area contributed by atoms with E-state index in [1.165, 1.54) is 30.8 Å². The summed E-state index contributed by atoms with van der Waals surface area (Å²) in [4.78, 5) is 36.6. The van der Waals surface area contributed by atoms with Crippen LogP contribution in [0, 0.1) is 11.8 Å². The maximum Gasteiger partial charge on any atom is 0.352 e. The minimum absolute atomic E-state index is 0.0223. The van der Waals surface area contributed by atoms with Crippen LogP contribution in [-0.2, 0) is 31.0 Å². The number of thioether (sulfide) groups is 1. The molecule has 36 heavy (non-hydrogen) atoms. The second kappa shape index (κ2) is 11.2. The Morgan fingerprint density at radius 2 is 1.86 bits per heavy atom. The van der Waals surface area contributed by atoms with Crippen molar-refractivity contribution in [3.8, 4) is 0 Å². The van der Waals surface area contributed by atoms with E-state index in [0.717, 1.165) is 0 Å². The summed E-state index contributed by atoms with van der Waals surface area (Å²) in [6.45, 7) is 3.71. The maximum atomic E-state index is 12.6. The van der Waals surface area contributed by atoms with Crippen molar-refractivity contribution in [2.45, 2.75) is 55.1 Å². The average Bonchev–Trinajstić information content (AvgIpc) is 3.37. The van der Waals surface area contributed by atoms with E-state index in [-0.39, 0.29) is 28.3 Å². The number of rotatable bonds is 10. The number of aliphatic carboxylic acids is 2. The average molecular weight is 543 g/mol. The van der Waals surface area contributed by atoms with Gasteiger partial charge >= 0.3 is 11.9 Å². The molecule has 1 amide bonds. The van der Waals surface area contributed by atoms with E-state index in [2.05, 4.69) is 16.0 Å². The van der Waals surface area contributed by atoms with Crippen LogP contribution in [0.2, 0.25) is 0 Å². The summed E-state index contributed by atoms with van der Waals surface area (Å²) in [5.74, 6) is -4.34. The second-order valence-corrected chi connectivity index (χ2v) is 11.9. The number of hydrogen-bond donors (Lipinski definition) is 7. The maximum absolute atomic E-state index is 12.6. The predicted octanol–water partition coefficient (Wildman–Crippen LogP) is -0.600. The van der Waals surface area contributed by atoms with Crippen molar-refractivity contribution < 1.29 is 38.1 Å². The first-order valence-electron chi connectivity index (χ1n) is 11.2. The molecule has 1 saturated heterocycles. The predicted molar refractivity (Wildman–Crippen MR) is 131 cm³/mol. The summed E-state index contributed by atoms with van der Waals surface area (Å²) in [7, 11) is -3.80. The Hall–Kier alpha value is -2.65. The number of amides is 1. The van der Waals surface area contributed by atoms with Gasteiger partial charge in [-0.15, -0.1) is 11.8 Å². The highest BCUT2D eigenvalue weighted by Crippen LogP contribution is 2.41. The molecule has 1 fully saturated rings. The van der Waals surface area contributed by atoms with Crippen LogP contribution >= 0.6 is 11.8 Å². The van der Waals surface area contributed by atoms with E-state index >= 15 is 0 Å². The highest BCUT2D eigenvalue weighted by molar-refractivity contribution is 8.03. The fraction of sp³-hybridized carbons (Fsp3) is 0.500. The second-order valence-electron chi connectivity index (χ2n) is 8.95. The van der Waals surface area contributed by atoms with E-state index in [1.54, 1.807) is 19.1 Å². The first-order chi connectivity index (χ1) is 16.8. The third-order valence-corrected chi connectivity index (χ3v) is 8.79. The molecule has 0 radical (unpaired) electrons. The molecule has 1 aromatic carbocycles. The zero-order chi connectivity index (χ0) is 26.8. The van der Waals surface area contributed by atoms with Gasteiger partial charge in [-0.1, -0.05) is 19.1 Å². The number of sulfonamides is 1. The summed E-state index contributed by atoms with van der Waals surface area (Å²) in [5, 5.41) is 42.8. The van der Waals surface area contributed by atoms with Gasteiger partial charge in [-0.2, -0.15) is 0 Å². The third kappa shape index (κ3) is 6.37. The molecule has 0 bridgehead atoms. The van der Waals surface area contributed by atoms with Gasteiger partial charge in [-0.05, 0) is 31.0 Å². The molecule has 2 aliphatic rings. The fourth-order valence-corrected chi connectivity index (χ4v) is 6.40. The minimum atomic E-state index is -3.80. The molecule has 6 atom stereocenters. The van der Waals surface area contributed by atoms with Crippen molar-refractivity contribution in [3.05, 3.63) is 40.4 Å². The molecule has 1 aromatic rings. The highest BCUT2D eigenvalue weighted by atomic mass is 32.2. The standard InChI is InChI=1S/C22H30N4O8S2/c1-10-17(16(11(2)27)21(29)30)26-18(22(31)32)19(10)35-13-7-15(24-9-13)20(28)25-8-12-3-5-14(6-4-12)36(23,33)34/h3-6,10-11,13,15-17,24,26-27H,7-9H2,1-2H3,(H,25,28)(H,29,30)(H,31,32)(H2,23,33,34)/t10-,11-,13+,15+,16-,17-/m1/s1. The molecule has 8 N–H and O–H groups in total. The Balaban J connectivity index is 1.60. The number of carboxylic acid groups (broad SMARTS) is 2. The molecule has 2 heterocycles. The lowest BCUT2D eigenvalue weighted by Crippen LogP contribution is -2.45. The lowest BCUT2D eigenvalue weighted by Gasteiger charge is -2.27. The number of carbonyl (C=O) groups is 3. The van der Waals surface area contributed by atoms with E-state index in [9.17, 15) is 38.1 Å².